The van der Waals surface area contributed by atoms with Crippen LogP contribution in [0.2, 0.25) is 0 Å². The maximum absolute atomic E-state index is 12.2. The fraction of sp³-hybridized carbons (Fsp3) is 0.0769. The zero-order chi connectivity index (χ0) is 19.9. The van der Waals surface area contributed by atoms with Crippen LogP contribution in [-0.4, -0.2) is 11.6 Å². The van der Waals surface area contributed by atoms with E-state index in [0.717, 1.165) is 22.3 Å². The molecule has 0 saturated heterocycles. The van der Waals surface area contributed by atoms with Crippen molar-refractivity contribution in [3.05, 3.63) is 118 Å². The van der Waals surface area contributed by atoms with Crippen molar-refractivity contribution in [2.45, 2.75) is 13.8 Å². The van der Waals surface area contributed by atoms with Crippen molar-refractivity contribution in [2.24, 2.45) is 0 Å². The van der Waals surface area contributed by atoms with Crippen molar-refractivity contribution in [3.63, 3.8) is 0 Å². The number of carbonyl (C=O) groups excluding carboxylic acids is 2. The molecule has 0 aliphatic heterocycles. The van der Waals surface area contributed by atoms with Crippen molar-refractivity contribution < 1.29 is 9.59 Å². The van der Waals surface area contributed by atoms with Crippen LogP contribution in [0, 0.1) is 13.8 Å². The summed E-state index contributed by atoms with van der Waals surface area (Å²) in [5.74, 6) is -0.0414. The topological polar surface area (TPSA) is 34.1 Å². The molecule has 3 rings (SSSR count). The molecule has 0 spiro atoms. The normalized spacial score (nSPS) is 11.2. The summed E-state index contributed by atoms with van der Waals surface area (Å²) in [5, 5.41) is 0. The molecule has 138 valence electrons. The SMILES string of the molecule is Cc1ccc(C(=O)/C=C\c2ccc(/C=C/C(=O)c3ccc(C)cc3)cc2)cc1. The van der Waals surface area contributed by atoms with E-state index >= 15 is 0 Å². The summed E-state index contributed by atoms with van der Waals surface area (Å²) in [6, 6.07) is 22.8. The Balaban J connectivity index is 1.62. The Bertz CT molecular complexity index is 933. The molecule has 3 aromatic rings. The Labute approximate surface area is 165 Å². The lowest BCUT2D eigenvalue weighted by Crippen LogP contribution is -1.94. The summed E-state index contributed by atoms with van der Waals surface area (Å²) < 4.78 is 0. The van der Waals surface area contributed by atoms with E-state index in [9.17, 15) is 9.59 Å². The molecule has 2 nitrogen and oxygen atoms in total. The second-order valence-corrected chi connectivity index (χ2v) is 6.79. The van der Waals surface area contributed by atoms with Gasteiger partial charge in [-0.05, 0) is 37.1 Å². The highest BCUT2D eigenvalue weighted by Gasteiger charge is 2.02. The number of carbonyl (C=O) groups is 2. The molecule has 0 atom stereocenters. The van der Waals surface area contributed by atoms with Crippen LogP contribution >= 0.6 is 0 Å². The first-order chi connectivity index (χ1) is 13.5. The summed E-state index contributed by atoms with van der Waals surface area (Å²) in [4.78, 5) is 24.4. The van der Waals surface area contributed by atoms with Gasteiger partial charge in [0.25, 0.3) is 0 Å². The highest BCUT2D eigenvalue weighted by Crippen LogP contribution is 2.11. The molecule has 0 amide bonds. The molecule has 0 aliphatic carbocycles. The summed E-state index contributed by atoms with van der Waals surface area (Å²) in [6.07, 6.45) is 6.76. The first-order valence-electron chi connectivity index (χ1n) is 9.19. The fourth-order valence-corrected chi connectivity index (χ4v) is 2.69. The lowest BCUT2D eigenvalue weighted by atomic mass is 10.1. The lowest BCUT2D eigenvalue weighted by molar-refractivity contribution is 0.103. The molecule has 0 aliphatic rings. The molecule has 28 heavy (non-hydrogen) atoms. The van der Waals surface area contributed by atoms with E-state index in [2.05, 4.69) is 0 Å². The van der Waals surface area contributed by atoms with Crippen molar-refractivity contribution >= 4 is 23.7 Å². The van der Waals surface area contributed by atoms with E-state index in [1.54, 1.807) is 24.3 Å². The van der Waals surface area contributed by atoms with Gasteiger partial charge in [-0.2, -0.15) is 0 Å². The number of rotatable bonds is 6. The average molecular weight is 366 g/mol. The molecule has 2 heteroatoms. The van der Waals surface area contributed by atoms with Gasteiger partial charge in [-0.3, -0.25) is 9.59 Å². The first kappa shape index (κ1) is 19.2. The molecule has 0 unspecified atom stereocenters. The summed E-state index contributed by atoms with van der Waals surface area (Å²) in [6.45, 7) is 3.99. The smallest absolute Gasteiger partial charge is 0.185 e. The van der Waals surface area contributed by atoms with Crippen molar-refractivity contribution in [3.8, 4) is 0 Å². The van der Waals surface area contributed by atoms with Crippen molar-refractivity contribution in [1.82, 2.24) is 0 Å². The molecule has 0 heterocycles. The Morgan fingerprint density at radius 1 is 0.536 bits per heavy atom. The zero-order valence-corrected chi connectivity index (χ0v) is 16.1. The van der Waals surface area contributed by atoms with E-state index in [1.807, 2.05) is 86.6 Å². The fourth-order valence-electron chi connectivity index (χ4n) is 2.69. The van der Waals surface area contributed by atoms with Gasteiger partial charge < -0.3 is 0 Å². The van der Waals surface area contributed by atoms with Gasteiger partial charge in [0.2, 0.25) is 0 Å². The maximum Gasteiger partial charge on any atom is 0.185 e. The number of aryl methyl sites for hydroxylation is 2. The van der Waals surface area contributed by atoms with Gasteiger partial charge >= 0.3 is 0 Å². The molecule has 0 bridgehead atoms. The highest BCUT2D eigenvalue weighted by atomic mass is 16.1. The van der Waals surface area contributed by atoms with Gasteiger partial charge in [-0.1, -0.05) is 96.1 Å². The predicted octanol–water partition coefficient (Wildman–Crippen LogP) is 6.10. The van der Waals surface area contributed by atoms with Crippen LogP contribution in [0.3, 0.4) is 0 Å². The number of hydrogen-bond donors (Lipinski definition) is 0. The second-order valence-electron chi connectivity index (χ2n) is 6.79. The second kappa shape index (κ2) is 8.92. The predicted molar refractivity (Wildman–Crippen MR) is 116 cm³/mol. The van der Waals surface area contributed by atoms with Crippen molar-refractivity contribution in [1.29, 1.82) is 0 Å². The Hall–Kier alpha value is -3.52. The lowest BCUT2D eigenvalue weighted by Gasteiger charge is -1.99. The molecular weight excluding hydrogens is 344 g/mol. The molecular formula is C26H22O2. The molecule has 0 aromatic heterocycles. The molecule has 0 radical (unpaired) electrons. The van der Waals surface area contributed by atoms with E-state index in [1.165, 1.54) is 0 Å². The molecule has 0 N–H and O–H groups in total. The van der Waals surface area contributed by atoms with Gasteiger partial charge in [0.05, 0.1) is 0 Å². The van der Waals surface area contributed by atoms with E-state index in [-0.39, 0.29) is 11.6 Å². The third-order valence-corrected chi connectivity index (χ3v) is 4.46. The summed E-state index contributed by atoms with van der Waals surface area (Å²) in [5.41, 5.74) is 5.48. The van der Waals surface area contributed by atoms with E-state index < -0.39 is 0 Å². The van der Waals surface area contributed by atoms with E-state index in [4.69, 9.17) is 0 Å². The van der Waals surface area contributed by atoms with Crippen molar-refractivity contribution in [2.75, 3.05) is 0 Å². The minimum absolute atomic E-state index is 0.0207. The summed E-state index contributed by atoms with van der Waals surface area (Å²) >= 11 is 0. The maximum atomic E-state index is 12.2. The van der Waals surface area contributed by atoms with Gasteiger partial charge in [-0.15, -0.1) is 0 Å². The standard InChI is InChI=1S/C26H22O2/c1-19-3-13-23(14-4-19)25(27)17-11-21-7-9-22(10-8-21)12-18-26(28)24-15-5-20(2)6-16-24/h3-18H,1-2H3/b17-11-,18-12+. The molecule has 3 aromatic carbocycles. The third kappa shape index (κ3) is 5.24. The molecule has 0 saturated carbocycles. The van der Waals surface area contributed by atoms with Gasteiger partial charge in [0, 0.05) is 11.1 Å². The van der Waals surface area contributed by atoms with Crippen LogP contribution < -0.4 is 0 Å². The van der Waals surface area contributed by atoms with Gasteiger partial charge in [-0.25, -0.2) is 0 Å². The number of ketones is 2. The van der Waals surface area contributed by atoms with Crippen LogP contribution in [0.25, 0.3) is 12.2 Å². The zero-order valence-electron chi connectivity index (χ0n) is 16.1. The quantitative estimate of drug-likeness (QED) is 0.390. The van der Waals surface area contributed by atoms with Gasteiger partial charge in [0.15, 0.2) is 11.6 Å². The number of hydrogen-bond acceptors (Lipinski definition) is 2. The van der Waals surface area contributed by atoms with E-state index in [0.29, 0.717) is 11.1 Å². The Morgan fingerprint density at radius 3 is 1.18 bits per heavy atom. The Kier molecular flexibility index (Phi) is 6.13. The third-order valence-electron chi connectivity index (χ3n) is 4.46. The molecule has 0 fully saturated rings. The first-order valence-corrected chi connectivity index (χ1v) is 9.19. The van der Waals surface area contributed by atoms with Crippen LogP contribution in [-0.2, 0) is 0 Å². The van der Waals surface area contributed by atoms with Crippen LogP contribution in [0.4, 0.5) is 0 Å². The minimum Gasteiger partial charge on any atom is -0.289 e. The van der Waals surface area contributed by atoms with Crippen LogP contribution in [0.15, 0.2) is 84.9 Å². The summed E-state index contributed by atoms with van der Waals surface area (Å²) in [7, 11) is 0. The van der Waals surface area contributed by atoms with Gasteiger partial charge in [0.1, 0.15) is 0 Å². The highest BCUT2D eigenvalue weighted by molar-refractivity contribution is 6.07. The van der Waals surface area contributed by atoms with Crippen LogP contribution in [0.1, 0.15) is 43.0 Å². The van der Waals surface area contributed by atoms with Crippen LogP contribution in [0.5, 0.6) is 0 Å². The minimum atomic E-state index is -0.0207. The monoisotopic (exact) mass is 366 g/mol. The number of benzene rings is 3. The average Bonchev–Trinajstić information content (AvgIpc) is 2.72. The Morgan fingerprint density at radius 2 is 0.857 bits per heavy atom. The number of allylic oxidation sites excluding steroid dienone is 2. The largest absolute Gasteiger partial charge is 0.289 e.